The quantitative estimate of drug-likeness (QED) is 0.440. The van der Waals surface area contributed by atoms with E-state index in [-0.39, 0.29) is 27.8 Å². The molecule has 0 saturated carbocycles. The maximum absolute atomic E-state index is 13.5. The van der Waals surface area contributed by atoms with E-state index in [0.29, 0.717) is 30.6 Å². The first-order valence-electron chi connectivity index (χ1n) is 9.04. The lowest BCUT2D eigenvalue weighted by atomic mass is 10.1. The van der Waals surface area contributed by atoms with Crippen molar-refractivity contribution in [2.75, 3.05) is 5.75 Å². The fourth-order valence-electron chi connectivity index (χ4n) is 2.79. The van der Waals surface area contributed by atoms with Crippen LogP contribution in [0.4, 0.5) is 4.39 Å². The van der Waals surface area contributed by atoms with Crippen molar-refractivity contribution < 1.29 is 22.0 Å². The molecule has 0 bridgehead atoms. The Labute approximate surface area is 179 Å². The Morgan fingerprint density at radius 2 is 2.00 bits per heavy atom. The topological polar surface area (TPSA) is 133 Å². The van der Waals surface area contributed by atoms with Gasteiger partial charge in [-0.15, -0.1) is 0 Å². The van der Waals surface area contributed by atoms with Gasteiger partial charge in [0.25, 0.3) is 0 Å². The second kappa shape index (κ2) is 9.18. The van der Waals surface area contributed by atoms with E-state index in [9.17, 15) is 17.6 Å². The Balaban J connectivity index is 1.78. The first-order valence-corrected chi connectivity index (χ1v) is 11.5. The van der Waals surface area contributed by atoms with Gasteiger partial charge in [-0.2, -0.15) is 0 Å². The van der Waals surface area contributed by atoms with Crippen molar-refractivity contribution in [3.8, 4) is 17.2 Å². The largest absolute Gasteiger partial charge is 0.446 e. The molecular weight excluding hydrogens is 485 g/mol. The SMILES string of the molecule is CC(C)NS(=O)(=O)CCCCc1nonc1-c1noc(=O)n1-c1ccc(F)c(Br)c1. The van der Waals surface area contributed by atoms with E-state index in [1.54, 1.807) is 13.8 Å². The number of unbranched alkanes of at least 4 members (excludes halogenated alkanes) is 1. The van der Waals surface area contributed by atoms with Crippen LogP contribution in [0, 0.1) is 5.82 Å². The van der Waals surface area contributed by atoms with Crippen LogP contribution in [-0.2, 0) is 16.4 Å². The van der Waals surface area contributed by atoms with E-state index in [0.717, 1.165) is 4.57 Å². The second-order valence-corrected chi connectivity index (χ2v) is 9.54. The van der Waals surface area contributed by atoms with Gasteiger partial charge in [0.1, 0.15) is 11.5 Å². The highest BCUT2D eigenvalue weighted by Crippen LogP contribution is 2.24. The zero-order valence-electron chi connectivity index (χ0n) is 16.1. The van der Waals surface area contributed by atoms with Crippen LogP contribution < -0.4 is 10.5 Å². The van der Waals surface area contributed by atoms with Gasteiger partial charge in [0.15, 0.2) is 5.69 Å². The van der Waals surface area contributed by atoms with Gasteiger partial charge >= 0.3 is 5.76 Å². The summed E-state index contributed by atoms with van der Waals surface area (Å²) in [6.45, 7) is 3.50. The van der Waals surface area contributed by atoms with Crippen LogP contribution >= 0.6 is 15.9 Å². The average Bonchev–Trinajstić information content (AvgIpc) is 3.26. The van der Waals surface area contributed by atoms with E-state index < -0.39 is 21.6 Å². The molecule has 30 heavy (non-hydrogen) atoms. The highest BCUT2D eigenvalue weighted by molar-refractivity contribution is 9.10. The predicted octanol–water partition coefficient (Wildman–Crippen LogP) is 2.43. The molecule has 0 saturated heterocycles. The summed E-state index contributed by atoms with van der Waals surface area (Å²) in [5.74, 6) is -1.26. The van der Waals surface area contributed by atoms with Crippen LogP contribution in [0.15, 0.2) is 36.6 Å². The smallest absolute Gasteiger partial charge is 0.295 e. The number of sulfonamides is 1. The third-order valence-corrected chi connectivity index (χ3v) is 6.29. The second-order valence-electron chi connectivity index (χ2n) is 6.81. The van der Waals surface area contributed by atoms with E-state index in [1.165, 1.54) is 18.2 Å². The number of nitrogens with zero attached hydrogens (tertiary/aromatic N) is 4. The minimum Gasteiger partial charge on any atom is -0.295 e. The molecule has 0 aliphatic carbocycles. The standard InChI is InChI=1S/C17H19BrFN5O5S/c1-10(2)23-30(26,27)8-4-3-5-14-15(21-29-20-14)16-22-28-17(25)24(16)11-6-7-13(19)12(18)9-11/h6-7,9-10,23H,3-5,8H2,1-2H3. The fourth-order valence-corrected chi connectivity index (χ4v) is 4.58. The van der Waals surface area contributed by atoms with Crippen LogP contribution in [0.1, 0.15) is 32.4 Å². The summed E-state index contributed by atoms with van der Waals surface area (Å²) in [5, 5.41) is 11.4. The first kappa shape index (κ1) is 22.3. The molecule has 1 N–H and O–H groups in total. The molecule has 162 valence electrons. The Kier molecular flexibility index (Phi) is 6.83. The zero-order chi connectivity index (χ0) is 21.9. The summed E-state index contributed by atoms with van der Waals surface area (Å²) in [5.41, 5.74) is 0.890. The first-order chi connectivity index (χ1) is 14.2. The Bertz CT molecular complexity index is 1190. The lowest BCUT2D eigenvalue weighted by Crippen LogP contribution is -2.32. The lowest BCUT2D eigenvalue weighted by Gasteiger charge is -2.08. The van der Waals surface area contributed by atoms with Gasteiger partial charge in [-0.05, 0) is 72.4 Å². The van der Waals surface area contributed by atoms with Gasteiger partial charge in [0.05, 0.1) is 15.9 Å². The summed E-state index contributed by atoms with van der Waals surface area (Å²) in [7, 11) is -3.35. The van der Waals surface area contributed by atoms with Gasteiger partial charge in [-0.25, -0.2) is 31.5 Å². The molecule has 0 spiro atoms. The predicted molar refractivity (Wildman–Crippen MR) is 108 cm³/mol. The van der Waals surface area contributed by atoms with Gasteiger partial charge in [0, 0.05) is 6.04 Å². The number of nitrogens with one attached hydrogen (secondary N) is 1. The number of hydrogen-bond acceptors (Lipinski definition) is 8. The van der Waals surface area contributed by atoms with Crippen molar-refractivity contribution in [3.63, 3.8) is 0 Å². The number of halogens is 2. The maximum Gasteiger partial charge on any atom is 0.446 e. The van der Waals surface area contributed by atoms with Crippen molar-refractivity contribution in [1.82, 2.24) is 24.8 Å². The summed E-state index contributed by atoms with van der Waals surface area (Å²) < 4.78 is 50.7. The maximum atomic E-state index is 13.5. The van der Waals surface area contributed by atoms with Crippen LogP contribution in [0.2, 0.25) is 0 Å². The summed E-state index contributed by atoms with van der Waals surface area (Å²) in [4.78, 5) is 12.2. The van der Waals surface area contributed by atoms with Crippen molar-refractivity contribution in [3.05, 3.63) is 44.7 Å². The fraction of sp³-hybridized carbons (Fsp3) is 0.412. The highest BCUT2D eigenvalue weighted by atomic mass is 79.9. The molecule has 2 aromatic heterocycles. The van der Waals surface area contributed by atoms with Crippen molar-refractivity contribution in [1.29, 1.82) is 0 Å². The number of hydrogen-bond donors (Lipinski definition) is 1. The molecule has 2 heterocycles. The van der Waals surface area contributed by atoms with Gasteiger partial charge in [0.2, 0.25) is 15.8 Å². The summed E-state index contributed by atoms with van der Waals surface area (Å²) in [6.07, 6.45) is 1.24. The van der Waals surface area contributed by atoms with Gasteiger partial charge in [-0.3, -0.25) is 4.52 Å². The molecule has 0 radical (unpaired) electrons. The van der Waals surface area contributed by atoms with Crippen molar-refractivity contribution in [2.24, 2.45) is 0 Å². The van der Waals surface area contributed by atoms with Crippen molar-refractivity contribution in [2.45, 2.75) is 39.2 Å². The minimum atomic E-state index is -3.35. The molecule has 3 aromatic rings. The van der Waals surface area contributed by atoms with Gasteiger partial charge < -0.3 is 0 Å². The van der Waals surface area contributed by atoms with Crippen molar-refractivity contribution >= 4 is 26.0 Å². The van der Waals surface area contributed by atoms with Crippen LogP contribution in [-0.4, -0.2) is 40.2 Å². The normalized spacial score (nSPS) is 12.0. The molecule has 0 aliphatic heterocycles. The molecular formula is C17H19BrFN5O5S. The average molecular weight is 504 g/mol. The highest BCUT2D eigenvalue weighted by Gasteiger charge is 2.23. The van der Waals surface area contributed by atoms with E-state index in [2.05, 4.69) is 36.1 Å². The zero-order valence-corrected chi connectivity index (χ0v) is 18.5. The molecule has 3 rings (SSSR count). The minimum absolute atomic E-state index is 0.0237. The van der Waals surface area contributed by atoms with E-state index in [4.69, 9.17) is 9.15 Å². The Morgan fingerprint density at radius 1 is 1.23 bits per heavy atom. The Hall–Kier alpha value is -2.38. The number of benzene rings is 1. The monoisotopic (exact) mass is 503 g/mol. The molecule has 0 fully saturated rings. The third-order valence-electron chi connectivity index (χ3n) is 4.03. The number of aromatic nitrogens is 4. The van der Waals surface area contributed by atoms with Crippen LogP contribution in [0.3, 0.4) is 0 Å². The Morgan fingerprint density at radius 3 is 2.70 bits per heavy atom. The summed E-state index contributed by atoms with van der Waals surface area (Å²) >= 11 is 3.07. The third kappa shape index (κ3) is 5.21. The molecule has 0 aliphatic rings. The summed E-state index contributed by atoms with van der Waals surface area (Å²) in [6, 6.07) is 3.81. The van der Waals surface area contributed by atoms with Crippen LogP contribution in [0.25, 0.3) is 17.2 Å². The van der Waals surface area contributed by atoms with Gasteiger partial charge in [-0.1, -0.05) is 10.3 Å². The molecule has 0 unspecified atom stereocenters. The molecule has 0 atom stereocenters. The molecule has 0 amide bonds. The molecule has 1 aromatic carbocycles. The molecule has 13 heteroatoms. The lowest BCUT2D eigenvalue weighted by molar-refractivity contribution is 0.303. The number of aryl methyl sites for hydroxylation is 1. The number of rotatable bonds is 9. The van der Waals surface area contributed by atoms with Crippen LogP contribution in [0.5, 0.6) is 0 Å². The van der Waals surface area contributed by atoms with E-state index in [1.807, 2.05) is 0 Å². The molecule has 10 nitrogen and oxygen atoms in total. The van der Waals surface area contributed by atoms with E-state index >= 15 is 0 Å².